The third-order valence-corrected chi connectivity index (χ3v) is 1.41. The SMILES string of the molecule is N#CC#N.c1ccc2occc2c1. The van der Waals surface area contributed by atoms with Crippen molar-refractivity contribution in [2.24, 2.45) is 0 Å². The van der Waals surface area contributed by atoms with E-state index in [1.165, 1.54) is 12.1 Å². The molecule has 0 saturated carbocycles. The molecule has 0 radical (unpaired) electrons. The summed E-state index contributed by atoms with van der Waals surface area (Å²) < 4.78 is 5.12. The third kappa shape index (κ3) is 2.36. The predicted molar refractivity (Wildman–Crippen MR) is 47.4 cm³/mol. The molecule has 0 atom stereocenters. The van der Waals surface area contributed by atoms with E-state index >= 15 is 0 Å². The molecule has 62 valence electrons. The number of hydrogen-bond acceptors (Lipinski definition) is 3. The molecule has 0 N–H and O–H groups in total. The van der Waals surface area contributed by atoms with E-state index in [-0.39, 0.29) is 0 Å². The zero-order chi connectivity index (χ0) is 9.52. The fourth-order valence-electron chi connectivity index (χ4n) is 0.906. The van der Waals surface area contributed by atoms with Crippen LogP contribution in [0.3, 0.4) is 0 Å². The van der Waals surface area contributed by atoms with Crippen molar-refractivity contribution in [3.63, 3.8) is 0 Å². The van der Waals surface area contributed by atoms with Crippen LogP contribution in [0.2, 0.25) is 0 Å². The summed E-state index contributed by atoms with van der Waals surface area (Å²) in [5.41, 5.74) is 0.956. The van der Waals surface area contributed by atoms with Crippen LogP contribution in [-0.4, -0.2) is 0 Å². The summed E-state index contributed by atoms with van der Waals surface area (Å²) >= 11 is 0. The Morgan fingerprint density at radius 1 is 1.00 bits per heavy atom. The van der Waals surface area contributed by atoms with Gasteiger partial charge in [-0.1, -0.05) is 18.2 Å². The smallest absolute Gasteiger partial charge is 0.181 e. The highest BCUT2D eigenvalue weighted by molar-refractivity contribution is 5.76. The van der Waals surface area contributed by atoms with Crippen LogP contribution in [0.5, 0.6) is 0 Å². The molecule has 0 saturated heterocycles. The molecule has 0 amide bonds. The number of furan rings is 1. The van der Waals surface area contributed by atoms with E-state index in [1.54, 1.807) is 6.26 Å². The molecule has 0 aliphatic carbocycles. The molecule has 0 spiro atoms. The van der Waals surface area contributed by atoms with Crippen LogP contribution in [0.1, 0.15) is 0 Å². The first-order valence-corrected chi connectivity index (χ1v) is 3.59. The summed E-state index contributed by atoms with van der Waals surface area (Å²) in [6, 6.07) is 12.4. The molecule has 0 aliphatic heterocycles. The van der Waals surface area contributed by atoms with E-state index in [0.29, 0.717) is 0 Å². The number of para-hydroxylation sites is 1. The van der Waals surface area contributed by atoms with Crippen LogP contribution in [0.25, 0.3) is 11.0 Å². The highest BCUT2D eigenvalue weighted by Crippen LogP contribution is 2.12. The van der Waals surface area contributed by atoms with Crippen molar-refractivity contribution >= 4 is 11.0 Å². The number of nitrogens with zero attached hydrogens (tertiary/aromatic N) is 2. The molecule has 2 rings (SSSR count). The monoisotopic (exact) mass is 170 g/mol. The van der Waals surface area contributed by atoms with Gasteiger partial charge in [-0.05, 0) is 12.1 Å². The Labute approximate surface area is 75.4 Å². The minimum absolute atomic E-state index is 0.956. The van der Waals surface area contributed by atoms with Crippen LogP contribution in [0, 0.1) is 22.7 Å². The average molecular weight is 170 g/mol. The van der Waals surface area contributed by atoms with Gasteiger partial charge in [0.25, 0.3) is 0 Å². The van der Waals surface area contributed by atoms with E-state index in [0.717, 1.165) is 11.0 Å². The van der Waals surface area contributed by atoms with Crippen LogP contribution in [-0.2, 0) is 0 Å². The van der Waals surface area contributed by atoms with Gasteiger partial charge in [0.2, 0.25) is 0 Å². The van der Waals surface area contributed by atoms with Gasteiger partial charge in [-0.25, -0.2) is 0 Å². The number of nitriles is 2. The maximum atomic E-state index is 7.26. The minimum atomic E-state index is 0.956. The van der Waals surface area contributed by atoms with Crippen LogP contribution >= 0.6 is 0 Å². The van der Waals surface area contributed by atoms with E-state index in [4.69, 9.17) is 14.9 Å². The fourth-order valence-corrected chi connectivity index (χ4v) is 0.906. The quantitative estimate of drug-likeness (QED) is 0.610. The summed E-state index contributed by atoms with van der Waals surface area (Å²) in [7, 11) is 0. The van der Waals surface area contributed by atoms with Gasteiger partial charge in [-0.3, -0.25) is 0 Å². The first-order chi connectivity index (χ1) is 6.38. The highest BCUT2D eigenvalue weighted by Gasteiger charge is 1.89. The summed E-state index contributed by atoms with van der Waals surface area (Å²) in [6.07, 6.45) is 1.70. The van der Waals surface area contributed by atoms with Crippen molar-refractivity contribution in [3.8, 4) is 12.1 Å². The fraction of sp³-hybridized carbons (Fsp3) is 0. The lowest BCUT2D eigenvalue weighted by atomic mass is 10.3. The van der Waals surface area contributed by atoms with E-state index in [2.05, 4.69) is 0 Å². The van der Waals surface area contributed by atoms with Gasteiger partial charge in [0.1, 0.15) is 5.58 Å². The molecular formula is C10H6N2O. The van der Waals surface area contributed by atoms with Crippen molar-refractivity contribution in [2.45, 2.75) is 0 Å². The van der Waals surface area contributed by atoms with Gasteiger partial charge in [0.15, 0.2) is 12.1 Å². The van der Waals surface area contributed by atoms with Gasteiger partial charge < -0.3 is 4.42 Å². The van der Waals surface area contributed by atoms with Crippen molar-refractivity contribution in [1.29, 1.82) is 10.5 Å². The minimum Gasteiger partial charge on any atom is -0.464 e. The molecule has 1 aromatic heterocycles. The molecule has 1 heterocycles. The Bertz CT molecular complexity index is 417. The number of fused-ring (bicyclic) bond motifs is 1. The van der Waals surface area contributed by atoms with Crippen molar-refractivity contribution in [3.05, 3.63) is 36.6 Å². The molecule has 2 aromatic rings. The molecule has 1 aromatic carbocycles. The third-order valence-electron chi connectivity index (χ3n) is 1.41. The van der Waals surface area contributed by atoms with Crippen molar-refractivity contribution in [1.82, 2.24) is 0 Å². The average Bonchev–Trinajstić information content (AvgIpc) is 2.66. The largest absolute Gasteiger partial charge is 0.464 e. The standard InChI is InChI=1S/C8H6O.C2N2/c1-2-4-8-7(3-1)5-6-9-8;3-1-2-4/h1-6H;. The van der Waals surface area contributed by atoms with E-state index in [9.17, 15) is 0 Å². The highest BCUT2D eigenvalue weighted by atomic mass is 16.3. The molecule has 0 fully saturated rings. The number of benzene rings is 1. The first kappa shape index (κ1) is 8.83. The van der Waals surface area contributed by atoms with Gasteiger partial charge in [-0.2, -0.15) is 10.5 Å². The van der Waals surface area contributed by atoms with Gasteiger partial charge in [-0.15, -0.1) is 0 Å². The molecule has 3 nitrogen and oxygen atoms in total. The molecule has 0 aliphatic rings. The zero-order valence-corrected chi connectivity index (χ0v) is 6.77. The molecule has 3 heteroatoms. The Morgan fingerprint density at radius 3 is 2.31 bits per heavy atom. The Hall–Kier alpha value is -2.26. The summed E-state index contributed by atoms with van der Waals surface area (Å²) in [5.74, 6) is 0. The Morgan fingerprint density at radius 2 is 1.69 bits per heavy atom. The van der Waals surface area contributed by atoms with E-state index < -0.39 is 0 Å². The van der Waals surface area contributed by atoms with Gasteiger partial charge in [0, 0.05) is 5.39 Å². The number of hydrogen-bond donors (Lipinski definition) is 0. The first-order valence-electron chi connectivity index (χ1n) is 3.59. The van der Waals surface area contributed by atoms with Gasteiger partial charge >= 0.3 is 0 Å². The second-order valence-corrected chi connectivity index (χ2v) is 2.18. The maximum absolute atomic E-state index is 7.26. The summed E-state index contributed by atoms with van der Waals surface area (Å²) in [4.78, 5) is 0. The second kappa shape index (κ2) is 4.58. The van der Waals surface area contributed by atoms with Gasteiger partial charge in [0.05, 0.1) is 6.26 Å². The van der Waals surface area contributed by atoms with Crippen molar-refractivity contribution in [2.75, 3.05) is 0 Å². The second-order valence-electron chi connectivity index (χ2n) is 2.18. The Kier molecular flexibility index (Phi) is 3.11. The molecule has 0 unspecified atom stereocenters. The van der Waals surface area contributed by atoms with Crippen LogP contribution in [0.4, 0.5) is 0 Å². The van der Waals surface area contributed by atoms with Crippen LogP contribution < -0.4 is 0 Å². The molecular weight excluding hydrogens is 164 g/mol. The normalized spacial score (nSPS) is 7.85. The number of rotatable bonds is 0. The molecule has 0 bridgehead atoms. The summed E-state index contributed by atoms with van der Waals surface area (Å²) in [5, 5.41) is 15.7. The van der Waals surface area contributed by atoms with Crippen LogP contribution in [0.15, 0.2) is 41.0 Å². The lowest BCUT2D eigenvalue weighted by molar-refractivity contribution is 0.616. The predicted octanol–water partition coefficient (Wildman–Crippen LogP) is 2.47. The topological polar surface area (TPSA) is 60.7 Å². The van der Waals surface area contributed by atoms with E-state index in [1.807, 2.05) is 30.3 Å². The Balaban J connectivity index is 0.000000184. The lowest BCUT2D eigenvalue weighted by Gasteiger charge is -1.81. The van der Waals surface area contributed by atoms with Crippen molar-refractivity contribution < 1.29 is 4.42 Å². The summed E-state index contributed by atoms with van der Waals surface area (Å²) in [6.45, 7) is 0. The molecule has 13 heavy (non-hydrogen) atoms. The lowest BCUT2D eigenvalue weighted by Crippen LogP contribution is -1.57. The maximum Gasteiger partial charge on any atom is 0.181 e. The zero-order valence-electron chi connectivity index (χ0n) is 6.77.